The van der Waals surface area contributed by atoms with Crippen molar-refractivity contribution in [1.82, 2.24) is 19.5 Å². The van der Waals surface area contributed by atoms with Crippen molar-refractivity contribution in [2.24, 2.45) is 0 Å². The lowest BCUT2D eigenvalue weighted by Crippen LogP contribution is -2.12. The highest BCUT2D eigenvalue weighted by molar-refractivity contribution is 7.99. The van der Waals surface area contributed by atoms with Crippen molar-refractivity contribution in [2.45, 2.75) is 37.2 Å². The van der Waals surface area contributed by atoms with Crippen LogP contribution in [0.15, 0.2) is 45.2 Å². The second kappa shape index (κ2) is 7.38. The molecule has 0 aliphatic heterocycles. The van der Waals surface area contributed by atoms with Gasteiger partial charge in [0.2, 0.25) is 0 Å². The zero-order valence-electron chi connectivity index (χ0n) is 14.4. The summed E-state index contributed by atoms with van der Waals surface area (Å²) in [6, 6.07) is 4.03. The molecule has 1 N–H and O–H groups in total. The van der Waals surface area contributed by atoms with E-state index in [4.69, 9.17) is 4.98 Å². The number of H-pyrrole nitrogens is 1. The Bertz CT molecular complexity index is 1080. The van der Waals surface area contributed by atoms with Gasteiger partial charge in [-0.25, -0.2) is 9.97 Å². The lowest BCUT2D eigenvalue weighted by atomic mass is 10.2. The molecular weight excluding hydrogens is 384 g/mol. The maximum Gasteiger partial charge on any atom is 0.260 e. The van der Waals surface area contributed by atoms with E-state index in [0.29, 0.717) is 11.2 Å². The number of rotatable bonds is 6. The lowest BCUT2D eigenvalue weighted by Gasteiger charge is -2.11. The van der Waals surface area contributed by atoms with Gasteiger partial charge in [-0.3, -0.25) is 4.79 Å². The monoisotopic (exact) mass is 402 g/mol. The summed E-state index contributed by atoms with van der Waals surface area (Å²) in [5.74, 6) is 0.693. The van der Waals surface area contributed by atoms with Crippen LogP contribution in [0.1, 0.15) is 31.3 Å². The number of fused-ring (bicyclic) bond motifs is 1. The second-order valence-corrected chi connectivity index (χ2v) is 9.04. The zero-order valence-corrected chi connectivity index (χ0v) is 16.9. The number of aromatic amines is 1. The van der Waals surface area contributed by atoms with Crippen LogP contribution in [0.3, 0.4) is 0 Å². The molecule has 0 aliphatic rings. The number of thioether (sulfide) groups is 1. The molecule has 134 valence electrons. The molecule has 4 aromatic heterocycles. The molecule has 0 fully saturated rings. The Morgan fingerprint density at radius 2 is 2.27 bits per heavy atom. The number of imidazole rings is 1. The Morgan fingerprint density at radius 3 is 3.04 bits per heavy atom. The van der Waals surface area contributed by atoms with Crippen LogP contribution in [0.2, 0.25) is 0 Å². The molecular formula is C18H18N4OS3. The Hall–Kier alpha value is -1.90. The molecule has 1 atom stereocenters. The van der Waals surface area contributed by atoms with Gasteiger partial charge >= 0.3 is 0 Å². The number of hydrogen-bond donors (Lipinski definition) is 1. The van der Waals surface area contributed by atoms with Gasteiger partial charge in [0.05, 0.1) is 10.6 Å². The first-order valence-corrected chi connectivity index (χ1v) is 11.0. The summed E-state index contributed by atoms with van der Waals surface area (Å²) in [5.41, 5.74) is 0.901. The summed E-state index contributed by atoms with van der Waals surface area (Å²) in [6.07, 6.45) is 4.86. The Morgan fingerprint density at radius 1 is 1.38 bits per heavy atom. The molecule has 1 unspecified atom stereocenters. The summed E-state index contributed by atoms with van der Waals surface area (Å²) < 4.78 is 2.14. The average Bonchev–Trinajstić information content (AvgIpc) is 3.35. The molecule has 5 nitrogen and oxygen atoms in total. The van der Waals surface area contributed by atoms with E-state index >= 15 is 0 Å². The molecule has 0 amide bonds. The van der Waals surface area contributed by atoms with Gasteiger partial charge in [0.25, 0.3) is 5.56 Å². The standard InChI is InChI=1S/C18H18N4OS3/c1-3-7-22-8-6-19-18(22)26-11(2)15-20-16(23)14-12(10-25-17(14)21-15)13-5-4-9-24-13/h4-6,8-11H,3,7H2,1-2H3,(H,20,21,23). The third-order valence-corrected chi connectivity index (χ3v) is 6.96. The minimum atomic E-state index is -0.0704. The number of nitrogens with zero attached hydrogens (tertiary/aromatic N) is 3. The highest BCUT2D eigenvalue weighted by Gasteiger charge is 2.18. The second-order valence-electron chi connectivity index (χ2n) is 5.92. The smallest absolute Gasteiger partial charge is 0.260 e. The van der Waals surface area contributed by atoms with Gasteiger partial charge < -0.3 is 9.55 Å². The van der Waals surface area contributed by atoms with Crippen LogP contribution in [0, 0.1) is 0 Å². The highest BCUT2D eigenvalue weighted by atomic mass is 32.2. The highest BCUT2D eigenvalue weighted by Crippen LogP contribution is 2.36. The van der Waals surface area contributed by atoms with Gasteiger partial charge in [-0.1, -0.05) is 24.8 Å². The Balaban J connectivity index is 1.67. The molecule has 0 spiro atoms. The van der Waals surface area contributed by atoms with Crippen LogP contribution >= 0.6 is 34.4 Å². The van der Waals surface area contributed by atoms with Gasteiger partial charge in [0.1, 0.15) is 10.7 Å². The summed E-state index contributed by atoms with van der Waals surface area (Å²) in [7, 11) is 0. The van der Waals surface area contributed by atoms with Crippen molar-refractivity contribution in [1.29, 1.82) is 0 Å². The maximum atomic E-state index is 12.7. The van der Waals surface area contributed by atoms with Crippen molar-refractivity contribution in [3.63, 3.8) is 0 Å². The van der Waals surface area contributed by atoms with Crippen LogP contribution in [0.5, 0.6) is 0 Å². The van der Waals surface area contributed by atoms with Crippen LogP contribution in [0.25, 0.3) is 20.7 Å². The number of aromatic nitrogens is 4. The Kier molecular flexibility index (Phi) is 4.97. The van der Waals surface area contributed by atoms with E-state index < -0.39 is 0 Å². The molecule has 4 heterocycles. The normalized spacial score (nSPS) is 12.7. The van der Waals surface area contributed by atoms with E-state index in [0.717, 1.165) is 33.4 Å². The fraction of sp³-hybridized carbons (Fsp3) is 0.278. The minimum Gasteiger partial charge on any atom is -0.326 e. The third kappa shape index (κ3) is 3.24. The third-order valence-electron chi connectivity index (χ3n) is 4.06. The van der Waals surface area contributed by atoms with Crippen molar-refractivity contribution in [2.75, 3.05) is 0 Å². The summed E-state index contributed by atoms with van der Waals surface area (Å²) in [4.78, 5) is 26.8. The van der Waals surface area contributed by atoms with Crippen LogP contribution in [0.4, 0.5) is 0 Å². The number of aryl methyl sites for hydroxylation is 1. The van der Waals surface area contributed by atoms with E-state index in [1.54, 1.807) is 23.1 Å². The van der Waals surface area contributed by atoms with Crippen molar-refractivity contribution in [3.05, 3.63) is 51.5 Å². The summed E-state index contributed by atoms with van der Waals surface area (Å²) >= 11 is 4.77. The SMILES string of the molecule is CCCn1ccnc1SC(C)c1nc2scc(-c3cccs3)c2c(=O)[nH]1. The van der Waals surface area contributed by atoms with Crippen molar-refractivity contribution in [3.8, 4) is 10.4 Å². The Labute approximate surface area is 163 Å². The van der Waals surface area contributed by atoms with Gasteiger partial charge in [-0.15, -0.1) is 22.7 Å². The average molecular weight is 403 g/mol. The molecule has 0 aliphatic carbocycles. The van der Waals surface area contributed by atoms with E-state index in [9.17, 15) is 4.79 Å². The minimum absolute atomic E-state index is 0.0115. The number of nitrogens with one attached hydrogen (secondary N) is 1. The summed E-state index contributed by atoms with van der Waals surface area (Å²) in [6.45, 7) is 5.13. The zero-order chi connectivity index (χ0) is 18.1. The molecule has 26 heavy (non-hydrogen) atoms. The molecule has 4 rings (SSSR count). The molecule has 0 bridgehead atoms. The maximum absolute atomic E-state index is 12.7. The fourth-order valence-electron chi connectivity index (χ4n) is 2.81. The molecule has 4 aromatic rings. The van der Waals surface area contributed by atoms with Gasteiger partial charge in [-0.2, -0.15) is 0 Å². The first kappa shape index (κ1) is 17.5. The van der Waals surface area contributed by atoms with Crippen molar-refractivity contribution < 1.29 is 0 Å². The molecule has 8 heteroatoms. The van der Waals surface area contributed by atoms with Gasteiger partial charge in [0.15, 0.2) is 5.16 Å². The van der Waals surface area contributed by atoms with Crippen LogP contribution in [-0.2, 0) is 6.54 Å². The quantitative estimate of drug-likeness (QED) is 0.452. The van der Waals surface area contributed by atoms with E-state index in [-0.39, 0.29) is 10.8 Å². The first-order chi connectivity index (χ1) is 12.7. The van der Waals surface area contributed by atoms with E-state index in [2.05, 4.69) is 21.5 Å². The van der Waals surface area contributed by atoms with Gasteiger partial charge in [-0.05, 0) is 24.8 Å². The largest absolute Gasteiger partial charge is 0.326 e. The lowest BCUT2D eigenvalue weighted by molar-refractivity contribution is 0.619. The number of thiophene rings is 2. The fourth-order valence-corrected chi connectivity index (χ4v) is 5.53. The summed E-state index contributed by atoms with van der Waals surface area (Å²) in [5, 5.41) is 5.69. The molecule has 0 saturated carbocycles. The molecule has 0 radical (unpaired) electrons. The topological polar surface area (TPSA) is 63.6 Å². The van der Waals surface area contributed by atoms with E-state index in [1.165, 1.54) is 11.3 Å². The van der Waals surface area contributed by atoms with Crippen molar-refractivity contribution >= 4 is 44.7 Å². The van der Waals surface area contributed by atoms with E-state index in [1.807, 2.05) is 42.2 Å². The predicted octanol–water partition coefficient (Wildman–Crippen LogP) is 5.17. The first-order valence-electron chi connectivity index (χ1n) is 8.40. The van der Waals surface area contributed by atoms with Crippen LogP contribution < -0.4 is 5.56 Å². The molecule has 0 aromatic carbocycles. The predicted molar refractivity (Wildman–Crippen MR) is 110 cm³/mol. The molecule has 0 saturated heterocycles. The van der Waals surface area contributed by atoms with Gasteiger partial charge in [0, 0.05) is 34.8 Å². The van der Waals surface area contributed by atoms with Crippen LogP contribution in [-0.4, -0.2) is 19.5 Å². The number of hydrogen-bond acceptors (Lipinski definition) is 6.